The van der Waals surface area contributed by atoms with Crippen molar-refractivity contribution in [1.82, 2.24) is 19.9 Å². The number of rotatable bonds is 1. The van der Waals surface area contributed by atoms with Crippen molar-refractivity contribution in [2.45, 2.75) is 13.8 Å². The third kappa shape index (κ3) is 2.09. The summed E-state index contributed by atoms with van der Waals surface area (Å²) >= 11 is 5.72. The lowest BCUT2D eigenvalue weighted by molar-refractivity contribution is 1.05. The van der Waals surface area contributed by atoms with Crippen molar-refractivity contribution in [2.24, 2.45) is 0 Å². The van der Waals surface area contributed by atoms with E-state index in [0.29, 0.717) is 5.82 Å². The minimum atomic E-state index is 0.0856. The molecule has 0 aliphatic heterocycles. The molecule has 82 valence electrons. The lowest BCUT2D eigenvalue weighted by Gasteiger charge is -2.05. The Kier molecular flexibility index (Phi) is 2.70. The number of aryl methyl sites for hydroxylation is 2. The summed E-state index contributed by atoms with van der Waals surface area (Å²) in [5.74, 6) is 0.553. The molecule has 0 aliphatic rings. The highest BCUT2D eigenvalue weighted by molar-refractivity contribution is 6.28. The van der Waals surface area contributed by atoms with E-state index in [9.17, 15) is 0 Å². The Morgan fingerprint density at radius 1 is 1.06 bits per heavy atom. The summed E-state index contributed by atoms with van der Waals surface area (Å²) in [6.07, 6.45) is 0. The number of hydrogen-bond acceptors (Lipinski definition) is 5. The zero-order chi connectivity index (χ0) is 11.7. The summed E-state index contributed by atoms with van der Waals surface area (Å²) in [7, 11) is 0. The smallest absolute Gasteiger partial charge is 0.227 e. The number of anilines is 1. The molecule has 0 spiro atoms. The molecule has 0 unspecified atom stereocenters. The number of nitrogens with zero attached hydrogens (tertiary/aromatic N) is 4. The number of nitrogen functional groups attached to an aromatic ring is 1. The maximum Gasteiger partial charge on any atom is 0.227 e. The first-order chi connectivity index (χ1) is 7.56. The fraction of sp³-hybridized carbons (Fsp3) is 0.200. The fourth-order valence-corrected chi connectivity index (χ4v) is 1.58. The van der Waals surface area contributed by atoms with Gasteiger partial charge in [-0.1, -0.05) is 0 Å². The molecule has 16 heavy (non-hydrogen) atoms. The van der Waals surface area contributed by atoms with Crippen molar-refractivity contribution in [3.05, 3.63) is 28.8 Å². The quantitative estimate of drug-likeness (QED) is 0.815. The predicted molar refractivity (Wildman–Crippen MR) is 62.0 cm³/mol. The van der Waals surface area contributed by atoms with Gasteiger partial charge in [0.05, 0.1) is 0 Å². The molecule has 6 heteroatoms. The van der Waals surface area contributed by atoms with Crippen molar-refractivity contribution < 1.29 is 0 Å². The van der Waals surface area contributed by atoms with Gasteiger partial charge in [0.1, 0.15) is 0 Å². The highest BCUT2D eigenvalue weighted by Crippen LogP contribution is 2.20. The molecule has 5 nitrogen and oxygen atoms in total. The van der Waals surface area contributed by atoms with Crippen LogP contribution in [-0.2, 0) is 0 Å². The van der Waals surface area contributed by atoms with Crippen molar-refractivity contribution in [3.63, 3.8) is 0 Å². The van der Waals surface area contributed by atoms with E-state index in [1.54, 1.807) is 0 Å². The normalized spacial score (nSPS) is 10.4. The van der Waals surface area contributed by atoms with Gasteiger partial charge in [-0.25, -0.2) is 0 Å². The summed E-state index contributed by atoms with van der Waals surface area (Å²) in [5, 5.41) is 0.0856. The van der Waals surface area contributed by atoms with Gasteiger partial charge >= 0.3 is 0 Å². The maximum absolute atomic E-state index is 5.72. The molecule has 2 heterocycles. The molecule has 0 fully saturated rings. The molecular formula is C10H10ClN5. The van der Waals surface area contributed by atoms with Gasteiger partial charge in [-0.05, 0) is 37.6 Å². The van der Waals surface area contributed by atoms with E-state index in [1.165, 1.54) is 0 Å². The summed E-state index contributed by atoms with van der Waals surface area (Å²) < 4.78 is 0. The molecule has 2 rings (SSSR count). The van der Waals surface area contributed by atoms with E-state index in [0.717, 1.165) is 17.0 Å². The average molecular weight is 236 g/mol. The average Bonchev–Trinajstić information content (AvgIpc) is 2.15. The Hall–Kier alpha value is -1.75. The predicted octanol–water partition coefficient (Wildman–Crippen LogP) is 1.79. The standard InChI is InChI=1S/C10H10ClN5/c1-5-3-4-7(6(2)13-5)8-14-9(11)16-10(12)15-8/h3-4H,1-2H3,(H2,12,14,15,16). The van der Waals surface area contributed by atoms with Gasteiger partial charge in [0.15, 0.2) is 5.82 Å². The number of halogens is 1. The lowest BCUT2D eigenvalue weighted by atomic mass is 10.2. The number of hydrogen-bond donors (Lipinski definition) is 1. The first-order valence-electron chi connectivity index (χ1n) is 4.68. The zero-order valence-corrected chi connectivity index (χ0v) is 9.65. The van der Waals surface area contributed by atoms with E-state index in [4.69, 9.17) is 17.3 Å². The molecule has 2 aromatic heterocycles. The van der Waals surface area contributed by atoms with E-state index in [1.807, 2.05) is 26.0 Å². The minimum Gasteiger partial charge on any atom is -0.368 e. The summed E-state index contributed by atoms with van der Waals surface area (Å²) in [6.45, 7) is 3.81. The van der Waals surface area contributed by atoms with Crippen molar-refractivity contribution >= 4 is 17.5 Å². The van der Waals surface area contributed by atoms with Crippen molar-refractivity contribution in [1.29, 1.82) is 0 Å². The molecule has 0 bridgehead atoms. The van der Waals surface area contributed by atoms with E-state index < -0.39 is 0 Å². The summed E-state index contributed by atoms with van der Waals surface area (Å²) in [5.41, 5.74) is 8.09. The first kappa shape index (κ1) is 10.8. The van der Waals surface area contributed by atoms with Crippen LogP contribution in [-0.4, -0.2) is 19.9 Å². The van der Waals surface area contributed by atoms with Crippen LogP contribution in [0.1, 0.15) is 11.4 Å². The Morgan fingerprint density at radius 3 is 2.44 bits per heavy atom. The molecule has 0 radical (unpaired) electrons. The Balaban J connectivity index is 2.58. The van der Waals surface area contributed by atoms with Crippen LogP contribution in [0.2, 0.25) is 5.28 Å². The summed E-state index contributed by atoms with van der Waals surface area (Å²) in [6, 6.07) is 3.78. The molecule has 0 aliphatic carbocycles. The van der Waals surface area contributed by atoms with Gasteiger partial charge in [-0.2, -0.15) is 15.0 Å². The van der Waals surface area contributed by atoms with E-state index >= 15 is 0 Å². The topological polar surface area (TPSA) is 77.6 Å². The second-order valence-electron chi connectivity index (χ2n) is 3.37. The zero-order valence-electron chi connectivity index (χ0n) is 8.90. The van der Waals surface area contributed by atoms with Crippen molar-refractivity contribution in [2.75, 3.05) is 5.73 Å². The van der Waals surface area contributed by atoms with Crippen molar-refractivity contribution in [3.8, 4) is 11.4 Å². The maximum atomic E-state index is 5.72. The van der Waals surface area contributed by atoms with Gasteiger partial charge < -0.3 is 5.73 Å². The third-order valence-electron chi connectivity index (χ3n) is 2.09. The van der Waals surface area contributed by atoms with Crippen LogP contribution >= 0.6 is 11.6 Å². The number of nitrogens with two attached hydrogens (primary N) is 1. The van der Waals surface area contributed by atoms with Gasteiger partial charge in [0.2, 0.25) is 11.2 Å². The largest absolute Gasteiger partial charge is 0.368 e. The van der Waals surface area contributed by atoms with Gasteiger partial charge in [0.25, 0.3) is 0 Å². The van der Waals surface area contributed by atoms with Crippen LogP contribution in [0.3, 0.4) is 0 Å². The molecule has 0 amide bonds. The monoisotopic (exact) mass is 235 g/mol. The molecule has 0 atom stereocenters. The summed E-state index contributed by atoms with van der Waals surface area (Å²) in [4.78, 5) is 16.1. The van der Waals surface area contributed by atoms with Crippen LogP contribution in [0.5, 0.6) is 0 Å². The third-order valence-corrected chi connectivity index (χ3v) is 2.26. The molecule has 0 saturated carbocycles. The first-order valence-corrected chi connectivity index (χ1v) is 5.06. The van der Waals surface area contributed by atoms with Crippen LogP contribution < -0.4 is 5.73 Å². The molecule has 0 saturated heterocycles. The van der Waals surface area contributed by atoms with Gasteiger partial charge in [-0.15, -0.1) is 0 Å². The van der Waals surface area contributed by atoms with Crippen LogP contribution in [0, 0.1) is 13.8 Å². The Bertz CT molecular complexity index is 520. The Labute approximate surface area is 97.7 Å². The molecule has 2 aromatic rings. The molecular weight excluding hydrogens is 226 g/mol. The molecule has 2 N–H and O–H groups in total. The van der Waals surface area contributed by atoms with Crippen LogP contribution in [0.4, 0.5) is 5.95 Å². The van der Waals surface area contributed by atoms with Gasteiger partial charge in [0, 0.05) is 17.0 Å². The lowest BCUT2D eigenvalue weighted by Crippen LogP contribution is -2.01. The van der Waals surface area contributed by atoms with E-state index in [2.05, 4.69) is 19.9 Å². The molecule has 0 aromatic carbocycles. The number of pyridine rings is 1. The Morgan fingerprint density at radius 2 is 1.81 bits per heavy atom. The highest BCUT2D eigenvalue weighted by Gasteiger charge is 2.08. The van der Waals surface area contributed by atoms with Crippen LogP contribution in [0.15, 0.2) is 12.1 Å². The highest BCUT2D eigenvalue weighted by atomic mass is 35.5. The fourth-order valence-electron chi connectivity index (χ4n) is 1.41. The van der Waals surface area contributed by atoms with Gasteiger partial charge in [-0.3, -0.25) is 4.98 Å². The van der Waals surface area contributed by atoms with Crippen LogP contribution in [0.25, 0.3) is 11.4 Å². The second-order valence-corrected chi connectivity index (χ2v) is 3.71. The minimum absolute atomic E-state index is 0.0856. The second kappa shape index (κ2) is 4.02. The SMILES string of the molecule is Cc1ccc(-c2nc(N)nc(Cl)n2)c(C)n1. The number of aromatic nitrogens is 4. The van der Waals surface area contributed by atoms with E-state index in [-0.39, 0.29) is 11.2 Å².